The summed E-state index contributed by atoms with van der Waals surface area (Å²) in [5.74, 6) is 0.355. The number of primary amides is 1. The highest BCUT2D eigenvalue weighted by atomic mass is 16.1. The Morgan fingerprint density at radius 3 is 2.60 bits per heavy atom. The molecule has 0 aliphatic heterocycles. The van der Waals surface area contributed by atoms with E-state index in [4.69, 9.17) is 5.73 Å². The van der Waals surface area contributed by atoms with Crippen LogP contribution >= 0.6 is 0 Å². The largest absolute Gasteiger partial charge is 0.368 e. The highest BCUT2D eigenvalue weighted by Gasteiger charge is 2.09. The number of benzene rings is 1. The quantitative estimate of drug-likeness (QED) is 0.764. The van der Waals surface area contributed by atoms with Crippen LogP contribution in [0.5, 0.6) is 0 Å². The predicted molar refractivity (Wildman–Crippen MR) is 84.8 cm³/mol. The van der Waals surface area contributed by atoms with Gasteiger partial charge in [0.25, 0.3) is 0 Å². The van der Waals surface area contributed by atoms with Crippen molar-refractivity contribution in [3.8, 4) is 0 Å². The molecule has 20 heavy (non-hydrogen) atoms. The maximum absolute atomic E-state index is 11.1. The number of carbonyl (C=O) groups excluding carboxylic acids is 1. The van der Waals surface area contributed by atoms with Gasteiger partial charge < -0.3 is 16.0 Å². The molecule has 0 aliphatic carbocycles. The Kier molecular flexibility index (Phi) is 6.52. The molecular weight excluding hydrogens is 250 g/mol. The maximum atomic E-state index is 11.1. The highest BCUT2D eigenvalue weighted by Crippen LogP contribution is 2.19. The lowest BCUT2D eigenvalue weighted by atomic mass is 10.1. The molecule has 4 nitrogen and oxygen atoms in total. The van der Waals surface area contributed by atoms with Crippen LogP contribution in [0.1, 0.15) is 31.9 Å². The lowest BCUT2D eigenvalue weighted by Crippen LogP contribution is -2.33. The minimum absolute atomic E-state index is 0.265. The second kappa shape index (κ2) is 7.90. The maximum Gasteiger partial charge on any atom is 0.236 e. The van der Waals surface area contributed by atoms with Crippen LogP contribution in [0.2, 0.25) is 0 Å². The van der Waals surface area contributed by atoms with Crippen LogP contribution in [0, 0.1) is 12.8 Å². The minimum atomic E-state index is -0.299. The Bertz CT molecular complexity index is 443. The van der Waals surface area contributed by atoms with E-state index in [2.05, 4.69) is 44.3 Å². The Hall–Kier alpha value is -1.55. The van der Waals surface area contributed by atoms with E-state index in [1.54, 1.807) is 0 Å². The molecule has 112 valence electrons. The molecule has 4 heteroatoms. The van der Waals surface area contributed by atoms with Crippen molar-refractivity contribution < 1.29 is 4.79 Å². The first-order valence-corrected chi connectivity index (χ1v) is 7.27. The summed E-state index contributed by atoms with van der Waals surface area (Å²) in [6.07, 6.45) is 0. The van der Waals surface area contributed by atoms with E-state index in [0.29, 0.717) is 5.92 Å². The summed E-state index contributed by atoms with van der Waals surface area (Å²) in [5, 5.41) is 3.45. The number of carbonyl (C=O) groups is 1. The van der Waals surface area contributed by atoms with Gasteiger partial charge in [0.1, 0.15) is 0 Å². The van der Waals surface area contributed by atoms with Crippen LogP contribution in [-0.2, 0) is 11.3 Å². The molecule has 0 saturated heterocycles. The monoisotopic (exact) mass is 277 g/mol. The summed E-state index contributed by atoms with van der Waals surface area (Å²) in [4.78, 5) is 13.1. The standard InChI is InChI=1S/C16H27N3O/c1-5-19(11-16(17)20)15-7-6-14(13(4)8-15)10-18-9-12(2)3/h6-8,12,18H,5,9-11H2,1-4H3,(H2,17,20). The molecule has 3 N–H and O–H groups in total. The number of hydrogen-bond acceptors (Lipinski definition) is 3. The third-order valence-corrected chi connectivity index (χ3v) is 3.29. The van der Waals surface area contributed by atoms with Crippen molar-refractivity contribution in [1.82, 2.24) is 5.32 Å². The van der Waals surface area contributed by atoms with Gasteiger partial charge in [-0.25, -0.2) is 0 Å². The number of likely N-dealkylation sites (N-methyl/N-ethyl adjacent to an activating group) is 1. The Morgan fingerprint density at radius 2 is 2.10 bits per heavy atom. The van der Waals surface area contributed by atoms with Crippen LogP contribution in [0.15, 0.2) is 18.2 Å². The van der Waals surface area contributed by atoms with Gasteiger partial charge in [0.2, 0.25) is 5.91 Å². The van der Waals surface area contributed by atoms with E-state index >= 15 is 0 Å². The lowest BCUT2D eigenvalue weighted by molar-refractivity contribution is -0.116. The lowest BCUT2D eigenvalue weighted by Gasteiger charge is -2.22. The average molecular weight is 277 g/mol. The molecule has 0 bridgehead atoms. The third-order valence-electron chi connectivity index (χ3n) is 3.29. The van der Waals surface area contributed by atoms with Crippen molar-refractivity contribution in [2.24, 2.45) is 11.7 Å². The highest BCUT2D eigenvalue weighted by molar-refractivity contribution is 5.79. The summed E-state index contributed by atoms with van der Waals surface area (Å²) in [7, 11) is 0. The van der Waals surface area contributed by atoms with E-state index in [0.717, 1.165) is 25.3 Å². The molecule has 0 spiro atoms. The van der Waals surface area contributed by atoms with Gasteiger partial charge in [-0.3, -0.25) is 4.79 Å². The molecule has 0 aliphatic rings. The topological polar surface area (TPSA) is 58.4 Å². The SMILES string of the molecule is CCN(CC(N)=O)c1ccc(CNCC(C)C)c(C)c1. The molecule has 0 atom stereocenters. The van der Waals surface area contributed by atoms with Gasteiger partial charge in [0.05, 0.1) is 6.54 Å². The van der Waals surface area contributed by atoms with E-state index in [1.807, 2.05) is 11.8 Å². The van der Waals surface area contributed by atoms with Crippen LogP contribution < -0.4 is 16.0 Å². The van der Waals surface area contributed by atoms with Crippen molar-refractivity contribution in [3.63, 3.8) is 0 Å². The van der Waals surface area contributed by atoms with E-state index in [1.165, 1.54) is 11.1 Å². The molecule has 0 radical (unpaired) electrons. The average Bonchev–Trinajstić information content (AvgIpc) is 2.37. The second-order valence-electron chi connectivity index (χ2n) is 5.62. The molecule has 1 rings (SSSR count). The van der Waals surface area contributed by atoms with Crippen molar-refractivity contribution in [1.29, 1.82) is 0 Å². The summed E-state index contributed by atoms with van der Waals surface area (Å²) in [6.45, 7) is 11.5. The van der Waals surface area contributed by atoms with Gasteiger partial charge in [-0.1, -0.05) is 19.9 Å². The van der Waals surface area contributed by atoms with Crippen molar-refractivity contribution in [3.05, 3.63) is 29.3 Å². The van der Waals surface area contributed by atoms with Gasteiger partial charge >= 0.3 is 0 Å². The first-order chi connectivity index (χ1) is 9.43. The van der Waals surface area contributed by atoms with Crippen LogP contribution in [-0.4, -0.2) is 25.5 Å². The van der Waals surface area contributed by atoms with Crippen molar-refractivity contribution in [2.45, 2.75) is 34.2 Å². The van der Waals surface area contributed by atoms with Crippen molar-refractivity contribution in [2.75, 3.05) is 24.5 Å². The fraction of sp³-hybridized carbons (Fsp3) is 0.562. The van der Waals surface area contributed by atoms with Crippen LogP contribution in [0.25, 0.3) is 0 Å². The van der Waals surface area contributed by atoms with Crippen LogP contribution in [0.4, 0.5) is 5.69 Å². The zero-order valence-electron chi connectivity index (χ0n) is 13.1. The number of aryl methyl sites for hydroxylation is 1. The molecule has 1 aromatic carbocycles. The van der Waals surface area contributed by atoms with Gasteiger partial charge in [-0.15, -0.1) is 0 Å². The zero-order chi connectivity index (χ0) is 15.1. The fourth-order valence-corrected chi connectivity index (χ4v) is 2.14. The van der Waals surface area contributed by atoms with Gasteiger partial charge in [0.15, 0.2) is 0 Å². The first kappa shape index (κ1) is 16.5. The molecular formula is C16H27N3O. The van der Waals surface area contributed by atoms with E-state index in [-0.39, 0.29) is 12.5 Å². The number of rotatable bonds is 8. The van der Waals surface area contributed by atoms with E-state index < -0.39 is 0 Å². The molecule has 0 aromatic heterocycles. The number of amides is 1. The smallest absolute Gasteiger partial charge is 0.236 e. The molecule has 0 fully saturated rings. The number of nitrogens with two attached hydrogens (primary N) is 1. The number of nitrogens with zero attached hydrogens (tertiary/aromatic N) is 1. The van der Waals surface area contributed by atoms with Gasteiger partial charge in [0, 0.05) is 18.8 Å². The first-order valence-electron chi connectivity index (χ1n) is 7.27. The fourth-order valence-electron chi connectivity index (χ4n) is 2.14. The zero-order valence-corrected chi connectivity index (χ0v) is 13.1. The molecule has 1 amide bonds. The second-order valence-corrected chi connectivity index (χ2v) is 5.62. The van der Waals surface area contributed by atoms with Crippen molar-refractivity contribution >= 4 is 11.6 Å². The third kappa shape index (κ3) is 5.21. The number of nitrogens with one attached hydrogen (secondary N) is 1. The molecule has 0 unspecified atom stereocenters. The van der Waals surface area contributed by atoms with Gasteiger partial charge in [-0.2, -0.15) is 0 Å². The minimum Gasteiger partial charge on any atom is -0.368 e. The Labute approximate surface area is 122 Å². The normalized spacial score (nSPS) is 10.8. The molecule has 0 saturated carbocycles. The molecule has 0 heterocycles. The summed E-state index contributed by atoms with van der Waals surface area (Å²) in [5.41, 5.74) is 8.86. The Balaban J connectivity index is 2.73. The number of anilines is 1. The van der Waals surface area contributed by atoms with Gasteiger partial charge in [-0.05, 0) is 49.6 Å². The number of hydrogen-bond donors (Lipinski definition) is 2. The van der Waals surface area contributed by atoms with E-state index in [9.17, 15) is 4.79 Å². The predicted octanol–water partition coefficient (Wildman–Crippen LogP) is 2.05. The van der Waals surface area contributed by atoms with Crippen LogP contribution in [0.3, 0.4) is 0 Å². The Morgan fingerprint density at radius 1 is 1.40 bits per heavy atom. The summed E-state index contributed by atoms with van der Waals surface area (Å²) < 4.78 is 0. The molecule has 1 aromatic rings. The summed E-state index contributed by atoms with van der Waals surface area (Å²) in [6, 6.07) is 6.31. The summed E-state index contributed by atoms with van der Waals surface area (Å²) >= 11 is 0.